The molecule has 1 saturated heterocycles. The number of thioether (sulfide) groups is 1. The van der Waals surface area contributed by atoms with Crippen LogP contribution in [0.5, 0.6) is 0 Å². The summed E-state index contributed by atoms with van der Waals surface area (Å²) in [6, 6.07) is 20.4. The molecule has 0 saturated carbocycles. The van der Waals surface area contributed by atoms with Gasteiger partial charge < -0.3 is 4.42 Å². The second-order valence-corrected chi connectivity index (χ2v) is 9.08. The van der Waals surface area contributed by atoms with Crippen LogP contribution in [-0.2, 0) is 4.79 Å². The number of fused-ring (bicyclic) bond motifs is 1. The van der Waals surface area contributed by atoms with Crippen LogP contribution in [0.2, 0.25) is 0 Å². The number of rotatable bonds is 6. The fraction of sp³-hybridized carbons (Fsp3) is 0.0370. The summed E-state index contributed by atoms with van der Waals surface area (Å²) in [6.07, 6.45) is 1.48. The maximum Gasteiger partial charge on any atom is 0.293 e. The van der Waals surface area contributed by atoms with Crippen LogP contribution >= 0.6 is 11.8 Å². The van der Waals surface area contributed by atoms with Gasteiger partial charge in [0.1, 0.15) is 11.3 Å². The standard InChI is InChI=1S/C27H16N2O7S/c30-21-14-24(18-4-2-1-3-5-18)36-23-11-6-16(12-20(21)23)13-25-26(32)28(27(33)37-25)15-22(31)17-7-9-19(10-8-17)29(34)35/h1-14H,15H2/b25-13+. The van der Waals surface area contributed by atoms with Crippen molar-refractivity contribution in [2.75, 3.05) is 6.54 Å². The highest BCUT2D eigenvalue weighted by Crippen LogP contribution is 2.33. The summed E-state index contributed by atoms with van der Waals surface area (Å²) < 4.78 is 5.89. The van der Waals surface area contributed by atoms with E-state index in [-0.39, 0.29) is 21.6 Å². The Kier molecular flexibility index (Phi) is 6.24. The predicted molar refractivity (Wildman–Crippen MR) is 138 cm³/mol. The molecule has 10 heteroatoms. The van der Waals surface area contributed by atoms with Crippen molar-refractivity contribution in [3.05, 3.63) is 115 Å². The normalized spacial score (nSPS) is 14.5. The SMILES string of the molecule is O=C(CN1C(=O)S/C(=C/c2ccc3oc(-c4ccccc4)cc(=O)c3c2)C1=O)c1ccc([N+](=O)[O-])cc1. The molecule has 1 aromatic heterocycles. The number of amides is 2. The molecular formula is C27H16N2O7S. The van der Waals surface area contributed by atoms with Gasteiger partial charge in [-0.1, -0.05) is 36.4 Å². The third-order valence-electron chi connectivity index (χ3n) is 5.68. The summed E-state index contributed by atoms with van der Waals surface area (Å²) in [6.45, 7) is -0.497. The quantitative estimate of drug-likeness (QED) is 0.148. The van der Waals surface area contributed by atoms with E-state index >= 15 is 0 Å². The maximum absolute atomic E-state index is 12.9. The lowest BCUT2D eigenvalue weighted by atomic mass is 10.1. The van der Waals surface area contributed by atoms with Gasteiger partial charge in [-0.2, -0.15) is 0 Å². The number of nitro groups is 1. The molecule has 0 unspecified atom stereocenters. The maximum atomic E-state index is 12.9. The van der Waals surface area contributed by atoms with Crippen LogP contribution in [0.15, 0.2) is 93.0 Å². The van der Waals surface area contributed by atoms with Crippen molar-refractivity contribution >= 4 is 51.4 Å². The van der Waals surface area contributed by atoms with Crippen LogP contribution in [0.25, 0.3) is 28.4 Å². The number of carbonyl (C=O) groups is 3. The number of carbonyl (C=O) groups excluding carboxylic acids is 3. The van der Waals surface area contributed by atoms with Crippen molar-refractivity contribution < 1.29 is 23.7 Å². The second-order valence-electron chi connectivity index (χ2n) is 8.09. The first kappa shape index (κ1) is 23.9. The Hall–Kier alpha value is -4.83. The van der Waals surface area contributed by atoms with Crippen LogP contribution in [0.1, 0.15) is 15.9 Å². The zero-order chi connectivity index (χ0) is 26.1. The number of non-ortho nitro benzene ring substituents is 1. The second kappa shape index (κ2) is 9.67. The molecule has 5 rings (SSSR count). The Bertz CT molecular complexity index is 1680. The van der Waals surface area contributed by atoms with Gasteiger partial charge in [0.2, 0.25) is 0 Å². The number of Topliss-reactive ketones (excluding diaryl/α,β-unsaturated/α-hetero) is 1. The minimum absolute atomic E-state index is 0.103. The Morgan fingerprint density at radius 2 is 1.70 bits per heavy atom. The van der Waals surface area contributed by atoms with E-state index in [1.807, 2.05) is 30.3 Å². The van der Waals surface area contributed by atoms with Crippen LogP contribution in [-0.4, -0.2) is 33.3 Å². The molecule has 37 heavy (non-hydrogen) atoms. The summed E-state index contributed by atoms with van der Waals surface area (Å²) in [5.41, 5.74) is 1.38. The summed E-state index contributed by atoms with van der Waals surface area (Å²) in [5, 5.41) is 10.5. The number of imide groups is 1. The number of hydrogen-bond donors (Lipinski definition) is 0. The number of nitro benzene ring substituents is 1. The Balaban J connectivity index is 1.37. The molecule has 0 radical (unpaired) electrons. The highest BCUT2D eigenvalue weighted by atomic mass is 32.2. The Labute approximate surface area is 213 Å². The predicted octanol–water partition coefficient (Wildman–Crippen LogP) is 5.29. The van der Waals surface area contributed by atoms with E-state index < -0.39 is 28.4 Å². The van der Waals surface area contributed by atoms with E-state index in [2.05, 4.69) is 0 Å². The molecule has 1 aliphatic heterocycles. The molecule has 0 N–H and O–H groups in total. The molecule has 4 aromatic rings. The Morgan fingerprint density at radius 1 is 0.973 bits per heavy atom. The third-order valence-corrected chi connectivity index (χ3v) is 6.59. The highest BCUT2D eigenvalue weighted by Gasteiger charge is 2.36. The van der Waals surface area contributed by atoms with E-state index in [4.69, 9.17) is 4.42 Å². The molecule has 182 valence electrons. The highest BCUT2D eigenvalue weighted by molar-refractivity contribution is 8.18. The van der Waals surface area contributed by atoms with Crippen LogP contribution in [0.4, 0.5) is 10.5 Å². The molecule has 0 aliphatic carbocycles. The molecule has 3 aromatic carbocycles. The van der Waals surface area contributed by atoms with Crippen molar-refractivity contribution in [1.29, 1.82) is 0 Å². The summed E-state index contributed by atoms with van der Waals surface area (Å²) in [5.74, 6) is -0.738. The summed E-state index contributed by atoms with van der Waals surface area (Å²) >= 11 is 0.685. The molecule has 0 atom stereocenters. The van der Waals surface area contributed by atoms with Crippen LogP contribution in [0.3, 0.4) is 0 Å². The Morgan fingerprint density at radius 3 is 2.41 bits per heavy atom. The van der Waals surface area contributed by atoms with E-state index in [9.17, 15) is 29.3 Å². The number of ketones is 1. The monoisotopic (exact) mass is 512 g/mol. The lowest BCUT2D eigenvalue weighted by Crippen LogP contribution is -2.33. The number of benzene rings is 3. The van der Waals surface area contributed by atoms with E-state index in [1.54, 1.807) is 18.2 Å². The van der Waals surface area contributed by atoms with Gasteiger partial charge in [-0.3, -0.25) is 34.2 Å². The van der Waals surface area contributed by atoms with Crippen molar-refractivity contribution in [1.82, 2.24) is 4.90 Å². The number of nitrogens with zero attached hydrogens (tertiary/aromatic N) is 2. The van der Waals surface area contributed by atoms with Gasteiger partial charge in [-0.15, -0.1) is 0 Å². The molecule has 9 nitrogen and oxygen atoms in total. The van der Waals surface area contributed by atoms with Gasteiger partial charge in [0.25, 0.3) is 16.8 Å². The van der Waals surface area contributed by atoms with Gasteiger partial charge in [0, 0.05) is 29.3 Å². The van der Waals surface area contributed by atoms with Crippen molar-refractivity contribution in [3.63, 3.8) is 0 Å². The van der Waals surface area contributed by atoms with E-state index in [1.165, 1.54) is 36.4 Å². The number of hydrogen-bond acceptors (Lipinski definition) is 8. The first-order chi connectivity index (χ1) is 17.8. The van der Waals surface area contributed by atoms with Crippen LogP contribution < -0.4 is 5.43 Å². The molecular weight excluding hydrogens is 496 g/mol. The summed E-state index contributed by atoms with van der Waals surface area (Å²) in [7, 11) is 0. The average Bonchev–Trinajstić information content (AvgIpc) is 3.16. The first-order valence-corrected chi connectivity index (χ1v) is 11.8. The smallest absolute Gasteiger partial charge is 0.293 e. The molecule has 2 amide bonds. The zero-order valence-electron chi connectivity index (χ0n) is 19.0. The largest absolute Gasteiger partial charge is 0.456 e. The topological polar surface area (TPSA) is 128 Å². The van der Waals surface area contributed by atoms with Gasteiger partial charge in [-0.05, 0) is 47.7 Å². The van der Waals surface area contributed by atoms with E-state index in [0.717, 1.165) is 10.5 Å². The van der Waals surface area contributed by atoms with Gasteiger partial charge in [0.05, 0.1) is 21.8 Å². The average molecular weight is 512 g/mol. The van der Waals surface area contributed by atoms with Gasteiger partial charge >= 0.3 is 0 Å². The minimum Gasteiger partial charge on any atom is -0.456 e. The molecule has 1 fully saturated rings. The van der Waals surface area contributed by atoms with E-state index in [0.29, 0.717) is 34.1 Å². The first-order valence-electron chi connectivity index (χ1n) is 11.0. The lowest BCUT2D eigenvalue weighted by molar-refractivity contribution is -0.384. The fourth-order valence-corrected chi connectivity index (χ4v) is 4.64. The van der Waals surface area contributed by atoms with Crippen LogP contribution in [0, 0.1) is 10.1 Å². The lowest BCUT2D eigenvalue weighted by Gasteiger charge is -2.11. The summed E-state index contributed by atoms with van der Waals surface area (Å²) in [4.78, 5) is 61.8. The minimum atomic E-state index is -0.642. The third kappa shape index (κ3) is 4.82. The van der Waals surface area contributed by atoms with Crippen molar-refractivity contribution in [2.45, 2.75) is 0 Å². The zero-order valence-corrected chi connectivity index (χ0v) is 19.8. The molecule has 2 heterocycles. The molecule has 0 bridgehead atoms. The van der Waals surface area contributed by atoms with Crippen molar-refractivity contribution in [3.8, 4) is 11.3 Å². The van der Waals surface area contributed by atoms with Gasteiger partial charge in [0.15, 0.2) is 11.2 Å². The fourth-order valence-electron chi connectivity index (χ4n) is 3.80. The molecule has 0 spiro atoms. The molecule has 1 aliphatic rings. The van der Waals surface area contributed by atoms with Crippen molar-refractivity contribution in [2.24, 2.45) is 0 Å². The van der Waals surface area contributed by atoms with Gasteiger partial charge in [-0.25, -0.2) is 0 Å².